The Kier molecular flexibility index (Phi) is 2.61. The van der Waals surface area contributed by atoms with Gasteiger partial charge in [0.05, 0.1) is 18.0 Å². The molecule has 0 aliphatic carbocycles. The molecule has 0 amide bonds. The molecule has 0 spiro atoms. The van der Waals surface area contributed by atoms with E-state index >= 15 is 0 Å². The van der Waals surface area contributed by atoms with Crippen LogP contribution >= 0.6 is 0 Å². The molecule has 76 valence electrons. The van der Waals surface area contributed by atoms with Crippen LogP contribution in [0.5, 0.6) is 0 Å². The highest BCUT2D eigenvalue weighted by molar-refractivity contribution is 5.02. The van der Waals surface area contributed by atoms with Gasteiger partial charge in [-0.3, -0.25) is 4.68 Å². The normalized spacial score (nSPS) is 15.9. The van der Waals surface area contributed by atoms with Gasteiger partial charge in [-0.2, -0.15) is 10.4 Å². The summed E-state index contributed by atoms with van der Waals surface area (Å²) in [6.45, 7) is 8.72. The molecule has 1 unspecified atom stereocenters. The van der Waals surface area contributed by atoms with E-state index in [9.17, 15) is 5.26 Å². The van der Waals surface area contributed by atoms with E-state index in [0.717, 1.165) is 0 Å². The Morgan fingerprint density at radius 2 is 2.00 bits per heavy atom. The number of nitriles is 1. The van der Waals surface area contributed by atoms with E-state index in [1.54, 1.807) is 11.0 Å². The van der Waals surface area contributed by atoms with E-state index in [-0.39, 0.29) is 5.41 Å². The van der Waals surface area contributed by atoms with E-state index in [0.29, 0.717) is 6.54 Å². The molecule has 14 heavy (non-hydrogen) atoms. The van der Waals surface area contributed by atoms with Gasteiger partial charge in [0.2, 0.25) is 0 Å². The highest BCUT2D eigenvalue weighted by Gasteiger charge is 2.38. The first-order valence-corrected chi connectivity index (χ1v) is 4.63. The van der Waals surface area contributed by atoms with Crippen molar-refractivity contribution in [3.8, 4) is 6.07 Å². The molecule has 1 heterocycles. The Hall–Kier alpha value is -1.37. The molecule has 0 bridgehead atoms. The summed E-state index contributed by atoms with van der Waals surface area (Å²) < 4.78 is 1.70. The van der Waals surface area contributed by atoms with Crippen molar-refractivity contribution in [1.82, 2.24) is 14.8 Å². The summed E-state index contributed by atoms with van der Waals surface area (Å²) in [6, 6.07) is 2.37. The van der Waals surface area contributed by atoms with Crippen LogP contribution in [0.4, 0.5) is 0 Å². The quantitative estimate of drug-likeness (QED) is 0.718. The van der Waals surface area contributed by atoms with Gasteiger partial charge in [0, 0.05) is 0 Å². The average Bonchev–Trinajstić information content (AvgIpc) is 2.54. The highest BCUT2D eigenvalue weighted by Crippen LogP contribution is 2.38. The second kappa shape index (κ2) is 3.41. The first-order valence-electron chi connectivity index (χ1n) is 4.63. The van der Waals surface area contributed by atoms with Crippen LogP contribution in [0.25, 0.3) is 0 Å². The number of nitrogens with zero attached hydrogens (tertiary/aromatic N) is 4. The van der Waals surface area contributed by atoms with Crippen LogP contribution in [0.1, 0.15) is 27.7 Å². The number of aromatic nitrogens is 3. The standard InChI is InChI=1S/C10H16N4/c1-9(2,3)10(4,5-11)6-14-8-12-7-13-14/h7-8H,6H2,1-4H3. The van der Waals surface area contributed by atoms with Gasteiger partial charge in [0.25, 0.3) is 0 Å². The minimum absolute atomic E-state index is 0.0757. The molecule has 0 aliphatic heterocycles. The summed E-state index contributed by atoms with van der Waals surface area (Å²) in [5.41, 5.74) is -0.506. The van der Waals surface area contributed by atoms with Crippen LogP contribution in [-0.2, 0) is 6.54 Å². The Morgan fingerprint density at radius 1 is 1.36 bits per heavy atom. The lowest BCUT2D eigenvalue weighted by atomic mass is 9.69. The lowest BCUT2D eigenvalue weighted by Crippen LogP contribution is -2.35. The summed E-state index contributed by atoms with van der Waals surface area (Å²) in [4.78, 5) is 3.87. The van der Waals surface area contributed by atoms with Crippen LogP contribution in [0.2, 0.25) is 0 Å². The van der Waals surface area contributed by atoms with Crippen LogP contribution in [-0.4, -0.2) is 14.8 Å². The molecule has 0 aromatic carbocycles. The number of hydrogen-bond acceptors (Lipinski definition) is 3. The first kappa shape index (κ1) is 10.7. The van der Waals surface area contributed by atoms with Crippen molar-refractivity contribution in [1.29, 1.82) is 5.26 Å². The van der Waals surface area contributed by atoms with Gasteiger partial charge < -0.3 is 0 Å². The van der Waals surface area contributed by atoms with E-state index < -0.39 is 5.41 Å². The summed E-state index contributed by atoms with van der Waals surface area (Å²) >= 11 is 0. The fourth-order valence-corrected chi connectivity index (χ4v) is 1.08. The van der Waals surface area contributed by atoms with Crippen molar-refractivity contribution in [3.63, 3.8) is 0 Å². The molecule has 1 atom stereocenters. The molecule has 1 rings (SSSR count). The SMILES string of the molecule is CC(C)(C)C(C)(C#N)Cn1cncn1. The minimum atomic E-state index is -0.430. The molecule has 1 aromatic rings. The zero-order valence-electron chi connectivity index (χ0n) is 9.15. The van der Waals surface area contributed by atoms with Crippen molar-refractivity contribution in [3.05, 3.63) is 12.7 Å². The smallest absolute Gasteiger partial charge is 0.137 e. The molecule has 0 radical (unpaired) electrons. The van der Waals surface area contributed by atoms with E-state index in [2.05, 4.69) is 36.9 Å². The first-order chi connectivity index (χ1) is 6.39. The van der Waals surface area contributed by atoms with Crippen molar-refractivity contribution >= 4 is 0 Å². The summed E-state index contributed by atoms with van der Waals surface area (Å²) in [5.74, 6) is 0. The molecule has 4 nitrogen and oxygen atoms in total. The molecular weight excluding hydrogens is 176 g/mol. The fourth-order valence-electron chi connectivity index (χ4n) is 1.08. The molecular formula is C10H16N4. The van der Waals surface area contributed by atoms with Gasteiger partial charge in [-0.15, -0.1) is 0 Å². The fraction of sp³-hybridized carbons (Fsp3) is 0.700. The van der Waals surface area contributed by atoms with Gasteiger partial charge in [0.15, 0.2) is 0 Å². The predicted octanol–water partition coefficient (Wildman–Crippen LogP) is 1.85. The van der Waals surface area contributed by atoms with Gasteiger partial charge >= 0.3 is 0 Å². The molecule has 1 aromatic heterocycles. The maximum Gasteiger partial charge on any atom is 0.137 e. The van der Waals surface area contributed by atoms with Crippen LogP contribution in [0.3, 0.4) is 0 Å². The van der Waals surface area contributed by atoms with Crippen molar-refractivity contribution in [2.45, 2.75) is 34.2 Å². The lowest BCUT2D eigenvalue weighted by molar-refractivity contribution is 0.145. The third-order valence-electron chi connectivity index (χ3n) is 2.85. The summed E-state index contributed by atoms with van der Waals surface area (Å²) in [5, 5.41) is 13.2. The number of rotatable bonds is 2. The van der Waals surface area contributed by atoms with Gasteiger partial charge in [-0.1, -0.05) is 20.8 Å². The third kappa shape index (κ3) is 1.92. The number of hydrogen-bond donors (Lipinski definition) is 0. The summed E-state index contributed by atoms with van der Waals surface area (Å²) in [7, 11) is 0. The zero-order chi connectivity index (χ0) is 10.8. The molecule has 0 N–H and O–H groups in total. The van der Waals surface area contributed by atoms with Crippen molar-refractivity contribution in [2.75, 3.05) is 0 Å². The Labute approximate surface area is 84.6 Å². The van der Waals surface area contributed by atoms with E-state index in [1.807, 2.05) is 6.92 Å². The average molecular weight is 192 g/mol. The topological polar surface area (TPSA) is 54.5 Å². The molecule has 0 aliphatic rings. The van der Waals surface area contributed by atoms with Gasteiger partial charge in [-0.05, 0) is 12.3 Å². The second-order valence-corrected chi connectivity index (χ2v) is 4.79. The molecule has 4 heteroatoms. The Balaban J connectivity index is 2.89. The van der Waals surface area contributed by atoms with E-state index in [4.69, 9.17) is 0 Å². The largest absolute Gasteiger partial charge is 0.251 e. The maximum atomic E-state index is 9.21. The second-order valence-electron chi connectivity index (χ2n) is 4.79. The zero-order valence-corrected chi connectivity index (χ0v) is 9.15. The van der Waals surface area contributed by atoms with Crippen molar-refractivity contribution in [2.24, 2.45) is 10.8 Å². The minimum Gasteiger partial charge on any atom is -0.251 e. The summed E-state index contributed by atoms with van der Waals surface area (Å²) in [6.07, 6.45) is 3.13. The van der Waals surface area contributed by atoms with Gasteiger partial charge in [0.1, 0.15) is 12.7 Å². The predicted molar refractivity (Wildman–Crippen MR) is 53.2 cm³/mol. The maximum absolute atomic E-state index is 9.21. The van der Waals surface area contributed by atoms with Crippen LogP contribution < -0.4 is 0 Å². The van der Waals surface area contributed by atoms with Crippen LogP contribution in [0, 0.1) is 22.2 Å². The molecule has 0 saturated carbocycles. The third-order valence-corrected chi connectivity index (χ3v) is 2.85. The monoisotopic (exact) mass is 192 g/mol. The molecule has 0 fully saturated rings. The highest BCUT2D eigenvalue weighted by atomic mass is 15.3. The van der Waals surface area contributed by atoms with E-state index in [1.165, 1.54) is 6.33 Å². The Bertz CT molecular complexity index is 328. The van der Waals surface area contributed by atoms with Crippen molar-refractivity contribution < 1.29 is 0 Å². The van der Waals surface area contributed by atoms with Crippen LogP contribution in [0.15, 0.2) is 12.7 Å². The lowest BCUT2D eigenvalue weighted by Gasteiger charge is -2.35. The molecule has 0 saturated heterocycles. The Morgan fingerprint density at radius 3 is 2.36 bits per heavy atom. The van der Waals surface area contributed by atoms with Gasteiger partial charge in [-0.25, -0.2) is 4.98 Å².